The van der Waals surface area contributed by atoms with Gasteiger partial charge in [0.25, 0.3) is 5.91 Å². The van der Waals surface area contributed by atoms with Gasteiger partial charge in [-0.15, -0.1) is 0 Å². The molecule has 1 aromatic heterocycles. The van der Waals surface area contributed by atoms with Gasteiger partial charge in [0.2, 0.25) is 5.95 Å². The molecule has 2 aromatic carbocycles. The van der Waals surface area contributed by atoms with Crippen molar-refractivity contribution in [1.82, 2.24) is 19.8 Å². The molecule has 42 heavy (non-hydrogen) atoms. The summed E-state index contributed by atoms with van der Waals surface area (Å²) in [6, 6.07) is 11.4. The van der Waals surface area contributed by atoms with E-state index in [4.69, 9.17) is 16.6 Å². The van der Waals surface area contributed by atoms with Crippen LogP contribution in [0.4, 0.5) is 20.4 Å². The van der Waals surface area contributed by atoms with Crippen molar-refractivity contribution in [2.24, 2.45) is 4.99 Å². The van der Waals surface area contributed by atoms with E-state index in [2.05, 4.69) is 20.2 Å². The zero-order valence-corrected chi connectivity index (χ0v) is 24.0. The molecule has 1 amide bonds. The van der Waals surface area contributed by atoms with Crippen LogP contribution in [-0.2, 0) is 6.42 Å². The predicted molar refractivity (Wildman–Crippen MR) is 162 cm³/mol. The normalized spacial score (nSPS) is 18.2. The van der Waals surface area contributed by atoms with Crippen molar-refractivity contribution in [2.75, 3.05) is 32.5 Å². The Morgan fingerprint density at radius 3 is 2.57 bits per heavy atom. The second kappa shape index (κ2) is 11.6. The smallest absolute Gasteiger partial charge is 0.253 e. The number of fused-ring (bicyclic) bond motifs is 3. The molecule has 1 aliphatic carbocycles. The van der Waals surface area contributed by atoms with Crippen LogP contribution in [-0.4, -0.2) is 64.1 Å². The summed E-state index contributed by atoms with van der Waals surface area (Å²) in [5.41, 5.74) is 4.08. The summed E-state index contributed by atoms with van der Waals surface area (Å²) in [5, 5.41) is 3.30. The summed E-state index contributed by atoms with van der Waals surface area (Å²) >= 11 is 6.29. The van der Waals surface area contributed by atoms with Crippen LogP contribution in [0.25, 0.3) is 11.1 Å². The summed E-state index contributed by atoms with van der Waals surface area (Å²) in [6.45, 7) is 1.48. The number of rotatable bonds is 5. The Balaban J connectivity index is 1.24. The van der Waals surface area contributed by atoms with Gasteiger partial charge in [-0.2, -0.15) is 0 Å². The largest absolute Gasteiger partial charge is 0.337 e. The van der Waals surface area contributed by atoms with E-state index in [1.165, 1.54) is 24.3 Å². The Morgan fingerprint density at radius 1 is 1.07 bits per heavy atom. The highest BCUT2D eigenvalue weighted by atomic mass is 35.5. The Morgan fingerprint density at radius 2 is 1.83 bits per heavy atom. The third-order valence-electron chi connectivity index (χ3n) is 7.84. The van der Waals surface area contributed by atoms with Crippen molar-refractivity contribution in [1.29, 1.82) is 0 Å². The van der Waals surface area contributed by atoms with Gasteiger partial charge in [0.15, 0.2) is 0 Å². The Bertz CT molecular complexity index is 1660. The minimum Gasteiger partial charge on any atom is -0.337 e. The first kappa shape index (κ1) is 27.9. The quantitative estimate of drug-likeness (QED) is 0.384. The number of halogens is 3. The standard InChI is InChI=1S/C32H29ClF2N6O/c1-40(2)22-5-4-14-41(18-22)31(42)19-8-11-21(12-9-19)38-32-37-16-20-10-13-23-24(29-26(34)6-3-7-27(29)35)15-28(33)36-17-25(23)30(20)39-32/h3,6-9,11-13,15-17,22H,4-5,10,14,18H2,1-2H3,(H,37,38,39). The number of aromatic nitrogens is 2. The summed E-state index contributed by atoms with van der Waals surface area (Å²) in [4.78, 5) is 30.7. The van der Waals surface area contributed by atoms with E-state index < -0.39 is 11.6 Å². The van der Waals surface area contributed by atoms with E-state index in [1.54, 1.807) is 24.5 Å². The molecule has 1 N–H and O–H groups in total. The SMILES string of the molecule is CN(C)C1CCCN(C(=O)c2ccc(Nc3ncc4c(n3)C3=CN=C(Cl)C=C(c5c(F)cccc5F)C3=CC4)cc2)C1. The van der Waals surface area contributed by atoms with E-state index in [9.17, 15) is 13.6 Å². The van der Waals surface area contributed by atoms with Crippen LogP contribution in [0.15, 0.2) is 77.6 Å². The lowest BCUT2D eigenvalue weighted by Gasteiger charge is -2.36. The highest BCUT2D eigenvalue weighted by Crippen LogP contribution is 2.41. The molecule has 3 heterocycles. The average Bonchev–Trinajstić information content (AvgIpc) is 3.16. The maximum atomic E-state index is 14.8. The zero-order valence-electron chi connectivity index (χ0n) is 23.2. The molecule has 214 valence electrons. The minimum atomic E-state index is -0.691. The Hall–Kier alpha value is -4.21. The summed E-state index contributed by atoms with van der Waals surface area (Å²) < 4.78 is 29.6. The number of hydrogen-bond acceptors (Lipinski definition) is 6. The van der Waals surface area contributed by atoms with Crippen LogP contribution in [0.1, 0.15) is 40.0 Å². The molecule has 3 aliphatic rings. The molecule has 0 spiro atoms. The number of carbonyl (C=O) groups excluding carboxylic acids is 1. The number of nitrogens with zero attached hydrogens (tertiary/aromatic N) is 5. The van der Waals surface area contributed by atoms with Gasteiger partial charge >= 0.3 is 0 Å². The first-order valence-electron chi connectivity index (χ1n) is 13.8. The number of hydrogen-bond donors (Lipinski definition) is 1. The highest BCUT2D eigenvalue weighted by molar-refractivity contribution is 6.69. The minimum absolute atomic E-state index is 0.0205. The maximum absolute atomic E-state index is 14.8. The third-order valence-corrected chi connectivity index (χ3v) is 8.05. The van der Waals surface area contributed by atoms with Crippen molar-refractivity contribution in [3.05, 3.63) is 107 Å². The van der Waals surface area contributed by atoms with Gasteiger partial charge in [-0.1, -0.05) is 23.7 Å². The first-order valence-corrected chi connectivity index (χ1v) is 14.2. The Kier molecular flexibility index (Phi) is 7.70. The summed E-state index contributed by atoms with van der Waals surface area (Å²) in [5.74, 6) is -1.03. The zero-order chi connectivity index (χ0) is 29.4. The van der Waals surface area contributed by atoms with Crippen molar-refractivity contribution in [2.45, 2.75) is 25.3 Å². The van der Waals surface area contributed by atoms with Crippen LogP contribution in [0.5, 0.6) is 0 Å². The second-order valence-electron chi connectivity index (χ2n) is 10.8. The summed E-state index contributed by atoms with van der Waals surface area (Å²) in [7, 11) is 4.10. The number of benzene rings is 2. The van der Waals surface area contributed by atoms with Crippen molar-refractivity contribution >= 4 is 45.5 Å². The van der Waals surface area contributed by atoms with Gasteiger partial charge in [0.05, 0.1) is 11.3 Å². The van der Waals surface area contributed by atoms with Gasteiger partial charge < -0.3 is 15.1 Å². The van der Waals surface area contributed by atoms with E-state index >= 15 is 0 Å². The number of anilines is 2. The molecular formula is C32H29ClF2N6O. The van der Waals surface area contributed by atoms with E-state index in [0.29, 0.717) is 52.1 Å². The number of allylic oxidation sites excluding steroid dienone is 5. The monoisotopic (exact) mass is 586 g/mol. The Labute approximate surface area is 247 Å². The lowest BCUT2D eigenvalue weighted by atomic mass is 9.84. The fraction of sp³-hybridized carbons (Fsp3) is 0.250. The number of piperidine rings is 1. The van der Waals surface area contributed by atoms with Crippen molar-refractivity contribution in [3.63, 3.8) is 0 Å². The van der Waals surface area contributed by atoms with Crippen LogP contribution >= 0.6 is 11.6 Å². The number of likely N-dealkylation sites (N-methyl/N-ethyl adjacent to an activating group) is 1. The number of nitrogens with one attached hydrogen (secondary N) is 1. The number of amides is 1. The molecule has 0 radical (unpaired) electrons. The van der Waals surface area contributed by atoms with Gasteiger partial charge in [-0.05, 0) is 87.0 Å². The molecule has 1 atom stereocenters. The maximum Gasteiger partial charge on any atom is 0.253 e. The molecule has 0 bridgehead atoms. The molecule has 2 aliphatic heterocycles. The van der Waals surface area contributed by atoms with E-state index in [-0.39, 0.29) is 16.6 Å². The van der Waals surface area contributed by atoms with Crippen molar-refractivity contribution in [3.8, 4) is 0 Å². The van der Waals surface area contributed by atoms with Gasteiger partial charge in [0.1, 0.15) is 16.8 Å². The second-order valence-corrected chi connectivity index (χ2v) is 11.1. The molecular weight excluding hydrogens is 558 g/mol. The van der Waals surface area contributed by atoms with Gasteiger partial charge in [0, 0.05) is 53.9 Å². The predicted octanol–water partition coefficient (Wildman–Crippen LogP) is 6.22. The van der Waals surface area contributed by atoms with E-state index in [1.807, 2.05) is 37.2 Å². The average molecular weight is 587 g/mol. The van der Waals surface area contributed by atoms with Gasteiger partial charge in [-0.3, -0.25) is 4.79 Å². The first-order chi connectivity index (χ1) is 20.3. The molecule has 7 nitrogen and oxygen atoms in total. The van der Waals surface area contributed by atoms with Gasteiger partial charge in [-0.25, -0.2) is 23.7 Å². The van der Waals surface area contributed by atoms with Crippen LogP contribution in [0.3, 0.4) is 0 Å². The van der Waals surface area contributed by atoms with Crippen molar-refractivity contribution < 1.29 is 13.6 Å². The lowest BCUT2D eigenvalue weighted by Crippen LogP contribution is -2.47. The highest BCUT2D eigenvalue weighted by Gasteiger charge is 2.28. The fourth-order valence-electron chi connectivity index (χ4n) is 5.58. The number of likely N-dealkylation sites (tertiary alicyclic amines) is 1. The number of aliphatic imine (C=N–C) groups is 1. The molecule has 10 heteroatoms. The molecule has 6 rings (SSSR count). The fourth-order valence-corrected chi connectivity index (χ4v) is 5.73. The summed E-state index contributed by atoms with van der Waals surface area (Å²) in [6.07, 6.45) is 9.18. The molecule has 3 aromatic rings. The lowest BCUT2D eigenvalue weighted by molar-refractivity contribution is 0.0635. The third kappa shape index (κ3) is 5.49. The molecule has 1 saturated heterocycles. The van der Waals surface area contributed by atoms with Crippen LogP contribution < -0.4 is 5.32 Å². The van der Waals surface area contributed by atoms with Crippen LogP contribution in [0, 0.1) is 11.6 Å². The molecule has 1 unspecified atom stereocenters. The molecule has 1 fully saturated rings. The topological polar surface area (TPSA) is 73.7 Å². The molecule has 0 saturated carbocycles. The van der Waals surface area contributed by atoms with Crippen LogP contribution in [0.2, 0.25) is 0 Å². The number of carbonyl (C=O) groups is 1. The van der Waals surface area contributed by atoms with E-state index in [0.717, 1.165) is 31.5 Å².